The molecule has 1 atom stereocenters. The maximum Gasteiger partial charge on any atom is 0.236 e. The van der Waals surface area contributed by atoms with Crippen molar-refractivity contribution in [1.82, 2.24) is 10.2 Å². The normalized spacial score (nSPS) is 21.1. The lowest BCUT2D eigenvalue weighted by molar-refractivity contribution is -0.131. The first-order valence-electron chi connectivity index (χ1n) is 8.30. The Morgan fingerprint density at radius 2 is 2.24 bits per heavy atom. The molecule has 1 amide bonds. The summed E-state index contributed by atoms with van der Waals surface area (Å²) >= 11 is 1.82. The topological polar surface area (TPSA) is 32.3 Å². The second-order valence-corrected chi connectivity index (χ2v) is 7.50. The van der Waals surface area contributed by atoms with Crippen molar-refractivity contribution in [3.63, 3.8) is 0 Å². The molecular weight excluding hydrogens is 280 g/mol. The molecule has 0 radical (unpaired) electrons. The van der Waals surface area contributed by atoms with Gasteiger partial charge in [0.1, 0.15) is 0 Å². The van der Waals surface area contributed by atoms with Gasteiger partial charge in [0.15, 0.2) is 0 Å². The number of carbonyl (C=O) groups is 1. The number of fused-ring (bicyclic) bond motifs is 1. The summed E-state index contributed by atoms with van der Waals surface area (Å²) in [6.07, 6.45) is 7.78. The van der Waals surface area contributed by atoms with Crippen LogP contribution in [-0.4, -0.2) is 29.9 Å². The zero-order valence-electron chi connectivity index (χ0n) is 12.9. The molecule has 21 heavy (non-hydrogen) atoms. The summed E-state index contributed by atoms with van der Waals surface area (Å²) in [5.41, 5.74) is 1.35. The lowest BCUT2D eigenvalue weighted by Gasteiger charge is -2.30. The molecule has 0 bridgehead atoms. The summed E-state index contributed by atoms with van der Waals surface area (Å²) in [7, 11) is 0. The van der Waals surface area contributed by atoms with E-state index in [0.29, 0.717) is 12.6 Å². The molecule has 1 fully saturated rings. The Morgan fingerprint density at radius 1 is 1.43 bits per heavy atom. The Hall–Kier alpha value is -0.870. The fraction of sp³-hybridized carbons (Fsp3) is 0.706. The van der Waals surface area contributed by atoms with Gasteiger partial charge in [0, 0.05) is 24.0 Å². The SMILES string of the molecule is C[C@H](NCC(=O)N1CCc2sccc2C1)C1CCCCC1. The van der Waals surface area contributed by atoms with Gasteiger partial charge in [0.2, 0.25) is 5.91 Å². The zero-order chi connectivity index (χ0) is 14.7. The van der Waals surface area contributed by atoms with E-state index in [0.717, 1.165) is 25.4 Å². The highest BCUT2D eigenvalue weighted by atomic mass is 32.1. The van der Waals surface area contributed by atoms with Crippen molar-refractivity contribution in [1.29, 1.82) is 0 Å². The van der Waals surface area contributed by atoms with Crippen LogP contribution in [0.1, 0.15) is 49.5 Å². The van der Waals surface area contributed by atoms with Crippen LogP contribution in [0.15, 0.2) is 11.4 Å². The van der Waals surface area contributed by atoms with Crippen LogP contribution in [0.2, 0.25) is 0 Å². The standard InChI is InChI=1S/C17H26N2OS/c1-13(14-5-3-2-4-6-14)18-11-17(20)19-9-7-16-15(12-19)8-10-21-16/h8,10,13-14,18H,2-7,9,11-12H2,1H3/t13-/m0/s1. The summed E-state index contributed by atoms with van der Waals surface area (Å²) in [5.74, 6) is 1.02. The maximum absolute atomic E-state index is 12.4. The van der Waals surface area contributed by atoms with Crippen LogP contribution in [0.25, 0.3) is 0 Å². The Morgan fingerprint density at radius 3 is 3.05 bits per heavy atom. The summed E-state index contributed by atoms with van der Waals surface area (Å²) < 4.78 is 0. The van der Waals surface area contributed by atoms with E-state index < -0.39 is 0 Å². The predicted octanol–water partition coefficient (Wildman–Crippen LogP) is 3.19. The van der Waals surface area contributed by atoms with Crippen molar-refractivity contribution in [2.45, 2.75) is 58.0 Å². The van der Waals surface area contributed by atoms with Crippen LogP contribution >= 0.6 is 11.3 Å². The van der Waals surface area contributed by atoms with Crippen molar-refractivity contribution >= 4 is 17.2 Å². The highest BCUT2D eigenvalue weighted by molar-refractivity contribution is 7.10. The third-order valence-electron chi connectivity index (χ3n) is 5.09. The van der Waals surface area contributed by atoms with Gasteiger partial charge in [-0.3, -0.25) is 4.79 Å². The van der Waals surface area contributed by atoms with Gasteiger partial charge >= 0.3 is 0 Å². The van der Waals surface area contributed by atoms with Crippen molar-refractivity contribution in [3.05, 3.63) is 21.9 Å². The fourth-order valence-corrected chi connectivity index (χ4v) is 4.51. The Labute approximate surface area is 131 Å². The van der Waals surface area contributed by atoms with Crippen LogP contribution < -0.4 is 5.32 Å². The molecule has 1 saturated carbocycles. The zero-order valence-corrected chi connectivity index (χ0v) is 13.8. The molecule has 3 rings (SSSR count). The Bertz CT molecular complexity index is 479. The summed E-state index contributed by atoms with van der Waals surface area (Å²) in [6, 6.07) is 2.63. The van der Waals surface area contributed by atoms with Crippen LogP contribution in [-0.2, 0) is 17.8 Å². The number of hydrogen-bond acceptors (Lipinski definition) is 3. The molecule has 1 aromatic rings. The van der Waals surface area contributed by atoms with E-state index in [2.05, 4.69) is 23.7 Å². The number of nitrogens with zero attached hydrogens (tertiary/aromatic N) is 1. The number of thiophene rings is 1. The van der Waals surface area contributed by atoms with Crippen LogP contribution in [0.4, 0.5) is 0 Å². The fourth-order valence-electron chi connectivity index (χ4n) is 3.62. The van der Waals surface area contributed by atoms with Gasteiger partial charge in [-0.2, -0.15) is 0 Å². The minimum atomic E-state index is 0.259. The Balaban J connectivity index is 1.46. The van der Waals surface area contributed by atoms with Gasteiger partial charge in [-0.1, -0.05) is 19.3 Å². The van der Waals surface area contributed by atoms with E-state index >= 15 is 0 Å². The lowest BCUT2D eigenvalue weighted by Crippen LogP contribution is -2.44. The van der Waals surface area contributed by atoms with E-state index in [9.17, 15) is 4.79 Å². The average Bonchev–Trinajstić information content (AvgIpc) is 3.00. The van der Waals surface area contributed by atoms with Crippen LogP contribution in [0, 0.1) is 5.92 Å². The van der Waals surface area contributed by atoms with Gasteiger partial charge in [0.25, 0.3) is 0 Å². The second kappa shape index (κ2) is 6.93. The number of hydrogen-bond donors (Lipinski definition) is 1. The summed E-state index contributed by atoms with van der Waals surface area (Å²) in [5, 5.41) is 5.62. The van der Waals surface area contributed by atoms with Crippen molar-refractivity contribution in [3.8, 4) is 0 Å². The summed E-state index contributed by atoms with van der Waals surface area (Å²) in [6.45, 7) is 4.43. The molecular formula is C17H26N2OS. The monoisotopic (exact) mass is 306 g/mol. The molecule has 4 heteroatoms. The molecule has 2 heterocycles. The largest absolute Gasteiger partial charge is 0.337 e. The van der Waals surface area contributed by atoms with Gasteiger partial charge < -0.3 is 10.2 Å². The molecule has 2 aliphatic rings. The van der Waals surface area contributed by atoms with Crippen LogP contribution in [0.3, 0.4) is 0 Å². The molecule has 1 aromatic heterocycles. The van der Waals surface area contributed by atoms with E-state index in [-0.39, 0.29) is 5.91 Å². The minimum Gasteiger partial charge on any atom is -0.337 e. The van der Waals surface area contributed by atoms with Crippen molar-refractivity contribution in [2.75, 3.05) is 13.1 Å². The molecule has 0 unspecified atom stereocenters. The summed E-state index contributed by atoms with van der Waals surface area (Å²) in [4.78, 5) is 15.9. The second-order valence-electron chi connectivity index (χ2n) is 6.50. The van der Waals surface area contributed by atoms with Gasteiger partial charge in [0.05, 0.1) is 6.54 Å². The van der Waals surface area contributed by atoms with Crippen molar-refractivity contribution in [2.24, 2.45) is 5.92 Å². The first-order valence-corrected chi connectivity index (χ1v) is 9.18. The van der Waals surface area contributed by atoms with E-state index in [1.54, 1.807) is 0 Å². The van der Waals surface area contributed by atoms with E-state index in [1.807, 2.05) is 16.2 Å². The highest BCUT2D eigenvalue weighted by Crippen LogP contribution is 2.26. The smallest absolute Gasteiger partial charge is 0.236 e. The molecule has 0 aromatic carbocycles. The number of carbonyl (C=O) groups excluding carboxylic acids is 1. The third-order valence-corrected chi connectivity index (χ3v) is 6.12. The predicted molar refractivity (Wildman–Crippen MR) is 87.5 cm³/mol. The lowest BCUT2D eigenvalue weighted by atomic mass is 9.84. The minimum absolute atomic E-state index is 0.259. The average molecular weight is 306 g/mol. The molecule has 0 saturated heterocycles. The molecule has 1 N–H and O–H groups in total. The third kappa shape index (κ3) is 3.67. The highest BCUT2D eigenvalue weighted by Gasteiger charge is 2.23. The number of nitrogens with one attached hydrogen (secondary N) is 1. The Kier molecular flexibility index (Phi) is 4.96. The molecule has 1 aliphatic carbocycles. The van der Waals surface area contributed by atoms with Crippen molar-refractivity contribution < 1.29 is 4.79 Å². The van der Waals surface area contributed by atoms with Gasteiger partial charge in [-0.25, -0.2) is 0 Å². The van der Waals surface area contributed by atoms with Crippen LogP contribution in [0.5, 0.6) is 0 Å². The van der Waals surface area contributed by atoms with Gasteiger partial charge in [-0.05, 0) is 49.1 Å². The first kappa shape index (κ1) is 15.0. The number of rotatable bonds is 4. The maximum atomic E-state index is 12.4. The number of amides is 1. The molecule has 116 valence electrons. The quantitative estimate of drug-likeness (QED) is 0.926. The van der Waals surface area contributed by atoms with Gasteiger partial charge in [-0.15, -0.1) is 11.3 Å². The molecule has 1 aliphatic heterocycles. The van der Waals surface area contributed by atoms with E-state index in [4.69, 9.17) is 0 Å². The molecule has 0 spiro atoms. The van der Waals surface area contributed by atoms with E-state index in [1.165, 1.54) is 42.5 Å². The molecule has 3 nitrogen and oxygen atoms in total. The first-order chi connectivity index (χ1) is 10.2.